The molecule has 2 aromatic carbocycles. The predicted molar refractivity (Wildman–Crippen MR) is 138 cm³/mol. The Balaban J connectivity index is 1.19. The van der Waals surface area contributed by atoms with Gasteiger partial charge in [0.2, 0.25) is 5.91 Å². The minimum Gasteiger partial charge on any atom is -0.494 e. The molecule has 190 valence electrons. The highest BCUT2D eigenvalue weighted by Crippen LogP contribution is 2.27. The quantitative estimate of drug-likeness (QED) is 0.508. The van der Waals surface area contributed by atoms with Crippen molar-refractivity contribution in [3.05, 3.63) is 59.2 Å². The molecule has 1 amide bonds. The lowest BCUT2D eigenvalue weighted by Gasteiger charge is -2.27. The number of ether oxygens (including phenoxy) is 2. The Labute approximate surface area is 209 Å². The second-order valence-electron chi connectivity index (χ2n) is 10.2. The largest absolute Gasteiger partial charge is 0.494 e. The molecule has 0 saturated carbocycles. The smallest absolute Gasteiger partial charge is 0.222 e. The number of rotatable bonds is 10. The molecule has 2 aliphatic rings. The SMILES string of the molecule is Cc1ccc(OC[C@]2(O)CCCN(Cc3ccc(OCCCN4CCCC4=O)cc3)CC2)c(C)c1. The van der Waals surface area contributed by atoms with Crippen molar-refractivity contribution < 1.29 is 19.4 Å². The summed E-state index contributed by atoms with van der Waals surface area (Å²) in [4.78, 5) is 16.0. The maximum absolute atomic E-state index is 11.7. The molecule has 6 nitrogen and oxygen atoms in total. The summed E-state index contributed by atoms with van der Waals surface area (Å²) in [7, 11) is 0. The van der Waals surface area contributed by atoms with Crippen LogP contribution < -0.4 is 9.47 Å². The topological polar surface area (TPSA) is 62.2 Å². The first kappa shape index (κ1) is 25.5. The molecule has 1 atom stereocenters. The van der Waals surface area contributed by atoms with E-state index >= 15 is 0 Å². The van der Waals surface area contributed by atoms with Crippen molar-refractivity contribution in [2.45, 2.75) is 64.5 Å². The van der Waals surface area contributed by atoms with Gasteiger partial charge in [0.1, 0.15) is 18.1 Å². The number of benzene rings is 2. The van der Waals surface area contributed by atoms with E-state index in [0.29, 0.717) is 26.1 Å². The Morgan fingerprint density at radius 1 is 0.971 bits per heavy atom. The average Bonchev–Trinajstić information content (AvgIpc) is 3.15. The molecule has 2 saturated heterocycles. The number of carbonyl (C=O) groups is 1. The monoisotopic (exact) mass is 480 g/mol. The summed E-state index contributed by atoms with van der Waals surface area (Å²) in [6.45, 7) is 9.44. The Hall–Kier alpha value is -2.57. The lowest BCUT2D eigenvalue weighted by atomic mass is 9.96. The van der Waals surface area contributed by atoms with E-state index in [2.05, 4.69) is 30.0 Å². The lowest BCUT2D eigenvalue weighted by molar-refractivity contribution is -0.127. The zero-order valence-corrected chi connectivity index (χ0v) is 21.3. The third-order valence-corrected chi connectivity index (χ3v) is 7.18. The van der Waals surface area contributed by atoms with E-state index in [0.717, 1.165) is 75.5 Å². The van der Waals surface area contributed by atoms with Gasteiger partial charge in [-0.1, -0.05) is 29.8 Å². The molecule has 0 radical (unpaired) electrons. The number of nitrogens with zero attached hydrogens (tertiary/aromatic N) is 2. The highest BCUT2D eigenvalue weighted by Gasteiger charge is 2.31. The summed E-state index contributed by atoms with van der Waals surface area (Å²) in [6, 6.07) is 14.5. The van der Waals surface area contributed by atoms with Crippen LogP contribution in [0.1, 0.15) is 55.2 Å². The molecular weight excluding hydrogens is 440 g/mol. The first-order chi connectivity index (χ1) is 16.9. The Kier molecular flexibility index (Phi) is 8.69. The second kappa shape index (κ2) is 11.9. The molecule has 2 aromatic rings. The number of amides is 1. The summed E-state index contributed by atoms with van der Waals surface area (Å²) in [5.74, 6) is 2.00. The summed E-state index contributed by atoms with van der Waals surface area (Å²) in [5, 5.41) is 11.2. The van der Waals surface area contributed by atoms with Crippen molar-refractivity contribution in [2.75, 3.05) is 39.4 Å². The Morgan fingerprint density at radius 3 is 2.54 bits per heavy atom. The predicted octanol–water partition coefficient (Wildman–Crippen LogP) is 4.49. The van der Waals surface area contributed by atoms with Gasteiger partial charge in [-0.05, 0) is 81.8 Å². The van der Waals surface area contributed by atoms with Crippen LogP contribution in [0.15, 0.2) is 42.5 Å². The van der Waals surface area contributed by atoms with Gasteiger partial charge in [-0.3, -0.25) is 9.69 Å². The van der Waals surface area contributed by atoms with Crippen LogP contribution in [0.4, 0.5) is 0 Å². The van der Waals surface area contributed by atoms with Crippen LogP contribution in [0.3, 0.4) is 0 Å². The van der Waals surface area contributed by atoms with Gasteiger partial charge in [0.25, 0.3) is 0 Å². The van der Waals surface area contributed by atoms with Gasteiger partial charge in [0.05, 0.1) is 12.2 Å². The zero-order valence-electron chi connectivity index (χ0n) is 21.3. The molecule has 35 heavy (non-hydrogen) atoms. The lowest BCUT2D eigenvalue weighted by Crippen LogP contribution is -2.37. The van der Waals surface area contributed by atoms with E-state index in [-0.39, 0.29) is 5.91 Å². The van der Waals surface area contributed by atoms with Crippen LogP contribution in [0.2, 0.25) is 0 Å². The fourth-order valence-corrected chi connectivity index (χ4v) is 5.05. The third-order valence-electron chi connectivity index (χ3n) is 7.18. The first-order valence-electron chi connectivity index (χ1n) is 13.0. The third kappa shape index (κ3) is 7.45. The Bertz CT molecular complexity index is 977. The maximum atomic E-state index is 11.7. The van der Waals surface area contributed by atoms with Crippen LogP contribution >= 0.6 is 0 Å². The molecule has 0 spiro atoms. The number of likely N-dealkylation sites (tertiary alicyclic amines) is 2. The van der Waals surface area contributed by atoms with Gasteiger partial charge in [-0.25, -0.2) is 0 Å². The fourth-order valence-electron chi connectivity index (χ4n) is 5.05. The zero-order chi connectivity index (χ0) is 24.7. The highest BCUT2D eigenvalue weighted by molar-refractivity contribution is 5.77. The maximum Gasteiger partial charge on any atom is 0.222 e. The number of aryl methyl sites for hydroxylation is 2. The molecular formula is C29H40N2O4. The molecule has 4 rings (SSSR count). The van der Waals surface area contributed by atoms with Crippen LogP contribution in [0.5, 0.6) is 11.5 Å². The van der Waals surface area contributed by atoms with E-state index in [1.165, 1.54) is 11.1 Å². The van der Waals surface area contributed by atoms with Crippen molar-refractivity contribution in [1.82, 2.24) is 9.80 Å². The van der Waals surface area contributed by atoms with E-state index < -0.39 is 5.60 Å². The minimum absolute atomic E-state index is 0.273. The molecule has 6 heteroatoms. The van der Waals surface area contributed by atoms with Crippen molar-refractivity contribution in [3.8, 4) is 11.5 Å². The molecule has 0 aromatic heterocycles. The molecule has 1 N–H and O–H groups in total. The molecule has 2 heterocycles. The van der Waals surface area contributed by atoms with E-state index in [1.54, 1.807) is 0 Å². The van der Waals surface area contributed by atoms with Gasteiger partial charge in [0, 0.05) is 32.6 Å². The van der Waals surface area contributed by atoms with Gasteiger partial charge in [-0.2, -0.15) is 0 Å². The average molecular weight is 481 g/mol. The number of carbonyl (C=O) groups excluding carboxylic acids is 1. The van der Waals surface area contributed by atoms with Crippen molar-refractivity contribution in [2.24, 2.45) is 0 Å². The standard InChI is InChI=1S/C29H40N2O4/c1-23-7-12-27(24(2)20-23)35-22-29(33)13-4-15-30(18-14-29)21-25-8-10-26(11-9-25)34-19-5-17-31-16-3-6-28(31)32/h7-12,20,33H,3-6,13-19,21-22H2,1-2H3/t29-/m0/s1. The summed E-state index contributed by atoms with van der Waals surface area (Å²) >= 11 is 0. The van der Waals surface area contributed by atoms with Gasteiger partial charge in [-0.15, -0.1) is 0 Å². The van der Waals surface area contributed by atoms with E-state index in [1.807, 2.05) is 36.1 Å². The van der Waals surface area contributed by atoms with Crippen molar-refractivity contribution in [3.63, 3.8) is 0 Å². The van der Waals surface area contributed by atoms with Crippen LogP contribution in [-0.4, -0.2) is 65.8 Å². The van der Waals surface area contributed by atoms with Gasteiger partial charge < -0.3 is 19.5 Å². The summed E-state index contributed by atoms with van der Waals surface area (Å²) in [5.41, 5.74) is 2.78. The summed E-state index contributed by atoms with van der Waals surface area (Å²) in [6.07, 6.45) is 4.95. The molecule has 2 fully saturated rings. The van der Waals surface area contributed by atoms with Crippen LogP contribution in [-0.2, 0) is 11.3 Å². The highest BCUT2D eigenvalue weighted by atomic mass is 16.5. The van der Waals surface area contributed by atoms with Crippen LogP contribution in [0, 0.1) is 13.8 Å². The first-order valence-corrected chi connectivity index (χ1v) is 13.0. The fraction of sp³-hybridized carbons (Fsp3) is 0.552. The minimum atomic E-state index is -0.788. The molecule has 0 unspecified atom stereocenters. The summed E-state index contributed by atoms with van der Waals surface area (Å²) < 4.78 is 11.9. The molecule has 2 aliphatic heterocycles. The number of aliphatic hydroxyl groups is 1. The number of hydrogen-bond acceptors (Lipinski definition) is 5. The van der Waals surface area contributed by atoms with Gasteiger partial charge >= 0.3 is 0 Å². The van der Waals surface area contributed by atoms with E-state index in [9.17, 15) is 9.90 Å². The van der Waals surface area contributed by atoms with Crippen molar-refractivity contribution >= 4 is 5.91 Å². The Morgan fingerprint density at radius 2 is 1.80 bits per heavy atom. The molecule has 0 bridgehead atoms. The number of hydrogen-bond donors (Lipinski definition) is 1. The van der Waals surface area contributed by atoms with Crippen molar-refractivity contribution in [1.29, 1.82) is 0 Å². The van der Waals surface area contributed by atoms with Crippen LogP contribution in [0.25, 0.3) is 0 Å². The normalized spacial score (nSPS) is 21.2. The van der Waals surface area contributed by atoms with Gasteiger partial charge in [0.15, 0.2) is 0 Å². The second-order valence-corrected chi connectivity index (χ2v) is 10.2. The van der Waals surface area contributed by atoms with E-state index in [4.69, 9.17) is 9.47 Å². The molecule has 0 aliphatic carbocycles.